The maximum atomic E-state index is 13.9. The highest BCUT2D eigenvalue weighted by Gasteiger charge is 2.29. The molecule has 0 bridgehead atoms. The van der Waals surface area contributed by atoms with Crippen molar-refractivity contribution in [2.45, 2.75) is 18.4 Å². The zero-order valence-electron chi connectivity index (χ0n) is 12.5. The van der Waals surface area contributed by atoms with E-state index in [9.17, 15) is 4.39 Å². The number of pyridine rings is 1. The normalized spacial score (nSPS) is 17.0. The number of nitrogens with zero attached hydrogens (tertiary/aromatic N) is 3. The van der Waals surface area contributed by atoms with Crippen molar-refractivity contribution < 1.29 is 13.9 Å². The maximum Gasteiger partial charge on any atom is 0.232 e. The van der Waals surface area contributed by atoms with Crippen LogP contribution in [0.3, 0.4) is 0 Å². The first kappa shape index (κ1) is 15.6. The summed E-state index contributed by atoms with van der Waals surface area (Å²) < 4.78 is 24.8. The third-order valence-corrected chi connectivity index (χ3v) is 3.76. The molecule has 7 nitrogen and oxygen atoms in total. The summed E-state index contributed by atoms with van der Waals surface area (Å²) in [5.41, 5.74) is 12.0. The summed E-state index contributed by atoms with van der Waals surface area (Å²) in [4.78, 5) is 12.0. The molecule has 0 saturated carbocycles. The molecule has 0 atom stereocenters. The van der Waals surface area contributed by atoms with Crippen molar-refractivity contribution in [1.82, 2.24) is 15.0 Å². The van der Waals surface area contributed by atoms with E-state index in [0.29, 0.717) is 25.5 Å². The molecule has 0 spiro atoms. The molecule has 0 aromatic carbocycles. The summed E-state index contributed by atoms with van der Waals surface area (Å²) in [6.07, 6.45) is 5.40. The standard InChI is InChI=1S/C15H18FN5O2/c16-11-6-20-13(17)5-10(11)12-7-19-8-14(21-12)23-9-15(18)1-3-22-4-2-15/h5-8H,1-4,9,18H2,(H2,17,20). The van der Waals surface area contributed by atoms with E-state index in [1.54, 1.807) is 0 Å². The van der Waals surface area contributed by atoms with Gasteiger partial charge in [-0.05, 0) is 18.9 Å². The van der Waals surface area contributed by atoms with E-state index in [-0.39, 0.29) is 17.3 Å². The Morgan fingerprint density at radius 1 is 1.26 bits per heavy atom. The molecule has 4 N–H and O–H groups in total. The number of nitrogens with two attached hydrogens (primary N) is 2. The topological polar surface area (TPSA) is 109 Å². The molecule has 1 aliphatic rings. The highest BCUT2D eigenvalue weighted by Crippen LogP contribution is 2.24. The fraction of sp³-hybridized carbons (Fsp3) is 0.400. The fourth-order valence-corrected chi connectivity index (χ4v) is 2.34. The SMILES string of the molecule is Nc1cc(-c2cncc(OCC3(N)CCOCC3)n2)c(F)cn1. The van der Waals surface area contributed by atoms with Crippen LogP contribution in [0.2, 0.25) is 0 Å². The number of hydrogen-bond donors (Lipinski definition) is 2. The lowest BCUT2D eigenvalue weighted by molar-refractivity contribution is 0.0335. The van der Waals surface area contributed by atoms with Crippen molar-refractivity contribution in [1.29, 1.82) is 0 Å². The van der Waals surface area contributed by atoms with Gasteiger partial charge in [-0.25, -0.2) is 14.4 Å². The van der Waals surface area contributed by atoms with E-state index in [4.69, 9.17) is 20.9 Å². The number of halogens is 1. The summed E-state index contributed by atoms with van der Waals surface area (Å²) in [6.45, 7) is 1.54. The summed E-state index contributed by atoms with van der Waals surface area (Å²) in [5.74, 6) is -0.0309. The van der Waals surface area contributed by atoms with Gasteiger partial charge in [0.1, 0.15) is 12.4 Å². The van der Waals surface area contributed by atoms with Gasteiger partial charge >= 0.3 is 0 Å². The van der Waals surface area contributed by atoms with Crippen molar-refractivity contribution in [2.24, 2.45) is 5.73 Å². The Morgan fingerprint density at radius 3 is 2.83 bits per heavy atom. The third-order valence-electron chi connectivity index (χ3n) is 3.76. The van der Waals surface area contributed by atoms with E-state index in [0.717, 1.165) is 19.0 Å². The second-order valence-corrected chi connectivity index (χ2v) is 5.59. The lowest BCUT2D eigenvalue weighted by Crippen LogP contribution is -2.49. The van der Waals surface area contributed by atoms with Gasteiger partial charge in [0.2, 0.25) is 5.88 Å². The number of anilines is 1. The van der Waals surface area contributed by atoms with Crippen molar-refractivity contribution in [3.8, 4) is 17.1 Å². The van der Waals surface area contributed by atoms with E-state index < -0.39 is 11.4 Å². The molecule has 1 saturated heterocycles. The average molecular weight is 319 g/mol. The largest absolute Gasteiger partial charge is 0.475 e. The smallest absolute Gasteiger partial charge is 0.232 e. The predicted molar refractivity (Wildman–Crippen MR) is 82.1 cm³/mol. The second-order valence-electron chi connectivity index (χ2n) is 5.59. The molecule has 1 aliphatic heterocycles. The molecular formula is C15H18FN5O2. The zero-order chi connectivity index (χ0) is 16.3. The summed E-state index contributed by atoms with van der Waals surface area (Å²) in [5, 5.41) is 0. The number of hydrogen-bond acceptors (Lipinski definition) is 7. The molecule has 8 heteroatoms. The molecule has 0 amide bonds. The predicted octanol–water partition coefficient (Wildman–Crippen LogP) is 1.15. The Kier molecular flexibility index (Phi) is 4.35. The molecule has 0 unspecified atom stereocenters. The number of ether oxygens (including phenoxy) is 2. The van der Waals surface area contributed by atoms with Crippen LogP contribution in [0.25, 0.3) is 11.3 Å². The van der Waals surface area contributed by atoms with Crippen LogP contribution >= 0.6 is 0 Å². The second kappa shape index (κ2) is 6.43. The lowest BCUT2D eigenvalue weighted by atomic mass is 9.92. The van der Waals surface area contributed by atoms with Crippen LogP contribution < -0.4 is 16.2 Å². The highest BCUT2D eigenvalue weighted by atomic mass is 19.1. The minimum Gasteiger partial charge on any atom is -0.475 e. The van der Waals surface area contributed by atoms with Crippen molar-refractivity contribution in [3.63, 3.8) is 0 Å². The van der Waals surface area contributed by atoms with E-state index in [1.165, 1.54) is 18.5 Å². The van der Waals surface area contributed by atoms with Gasteiger partial charge in [-0.2, -0.15) is 0 Å². The molecule has 3 heterocycles. The molecule has 1 fully saturated rings. The minimum atomic E-state index is -0.523. The Morgan fingerprint density at radius 2 is 2.04 bits per heavy atom. The van der Waals surface area contributed by atoms with Crippen LogP contribution in [0.4, 0.5) is 10.2 Å². The first-order chi connectivity index (χ1) is 11.1. The maximum absolute atomic E-state index is 13.9. The summed E-state index contributed by atoms with van der Waals surface area (Å²) in [7, 11) is 0. The zero-order valence-corrected chi connectivity index (χ0v) is 12.5. The molecule has 122 valence electrons. The summed E-state index contributed by atoms with van der Waals surface area (Å²) >= 11 is 0. The van der Waals surface area contributed by atoms with Gasteiger partial charge in [0.25, 0.3) is 0 Å². The van der Waals surface area contributed by atoms with Crippen LogP contribution in [0.5, 0.6) is 5.88 Å². The fourth-order valence-electron chi connectivity index (χ4n) is 2.34. The van der Waals surface area contributed by atoms with Gasteiger partial charge in [0.05, 0.1) is 29.8 Å². The van der Waals surface area contributed by atoms with Crippen LogP contribution in [0.15, 0.2) is 24.7 Å². The van der Waals surface area contributed by atoms with Crippen LogP contribution in [-0.4, -0.2) is 40.3 Å². The Labute approximate surface area is 132 Å². The molecule has 23 heavy (non-hydrogen) atoms. The molecule has 3 rings (SSSR count). The minimum absolute atomic E-state index is 0.206. The summed E-state index contributed by atoms with van der Waals surface area (Å²) in [6, 6.07) is 1.41. The Hall–Kier alpha value is -2.32. The van der Waals surface area contributed by atoms with E-state index in [1.807, 2.05) is 0 Å². The monoisotopic (exact) mass is 319 g/mol. The first-order valence-electron chi connectivity index (χ1n) is 7.29. The highest BCUT2D eigenvalue weighted by molar-refractivity contribution is 5.62. The van der Waals surface area contributed by atoms with Crippen molar-refractivity contribution in [3.05, 3.63) is 30.5 Å². The third kappa shape index (κ3) is 3.72. The number of rotatable bonds is 4. The van der Waals surface area contributed by atoms with Crippen molar-refractivity contribution >= 4 is 5.82 Å². The lowest BCUT2D eigenvalue weighted by Gasteiger charge is -2.32. The number of nitrogen functional groups attached to an aromatic ring is 1. The van der Waals surface area contributed by atoms with Crippen molar-refractivity contribution in [2.75, 3.05) is 25.6 Å². The number of aromatic nitrogens is 3. The molecule has 0 radical (unpaired) electrons. The van der Waals surface area contributed by atoms with Gasteiger partial charge in [0, 0.05) is 18.8 Å². The van der Waals surface area contributed by atoms with E-state index in [2.05, 4.69) is 15.0 Å². The molecule has 2 aromatic heterocycles. The molecular weight excluding hydrogens is 301 g/mol. The van der Waals surface area contributed by atoms with Gasteiger partial charge in [0.15, 0.2) is 5.82 Å². The van der Waals surface area contributed by atoms with Crippen LogP contribution in [0, 0.1) is 5.82 Å². The molecule has 2 aromatic rings. The molecule has 0 aliphatic carbocycles. The van der Waals surface area contributed by atoms with Gasteiger partial charge < -0.3 is 20.9 Å². The van der Waals surface area contributed by atoms with Gasteiger partial charge in [-0.15, -0.1) is 0 Å². The Balaban J connectivity index is 1.76. The quantitative estimate of drug-likeness (QED) is 0.869. The van der Waals surface area contributed by atoms with Gasteiger partial charge in [-0.1, -0.05) is 0 Å². The first-order valence-corrected chi connectivity index (χ1v) is 7.29. The van der Waals surface area contributed by atoms with E-state index >= 15 is 0 Å². The Bertz CT molecular complexity index is 691. The van der Waals surface area contributed by atoms with Crippen LogP contribution in [-0.2, 0) is 4.74 Å². The average Bonchev–Trinajstić information content (AvgIpc) is 2.56. The van der Waals surface area contributed by atoms with Gasteiger partial charge in [-0.3, -0.25) is 4.98 Å². The van der Waals surface area contributed by atoms with Crippen LogP contribution in [0.1, 0.15) is 12.8 Å².